The molecule has 19 heavy (non-hydrogen) atoms. The summed E-state index contributed by atoms with van der Waals surface area (Å²) in [7, 11) is 1.61. The number of rotatable bonds is 4. The molecule has 1 saturated heterocycles. The first-order valence-electron chi connectivity index (χ1n) is 6.45. The molecule has 1 aliphatic heterocycles. The number of nitrogens with two attached hydrogens (primary N) is 1. The van der Waals surface area contributed by atoms with Gasteiger partial charge >= 0.3 is 0 Å². The Bertz CT molecular complexity index is 457. The van der Waals surface area contributed by atoms with Gasteiger partial charge in [-0.1, -0.05) is 0 Å². The van der Waals surface area contributed by atoms with Crippen LogP contribution in [-0.4, -0.2) is 43.5 Å². The number of hydrogen-bond donors (Lipinski definition) is 1. The fraction of sp³-hybridized carbons (Fsp3) is 0.500. The topological polar surface area (TPSA) is 55.6 Å². The summed E-state index contributed by atoms with van der Waals surface area (Å²) in [6.45, 7) is 2.28. The molecule has 0 amide bonds. The number of likely N-dealkylation sites (tertiary alicyclic amines) is 1. The highest BCUT2D eigenvalue weighted by Crippen LogP contribution is 2.25. The van der Waals surface area contributed by atoms with E-state index >= 15 is 0 Å². The molecule has 2 rings (SSSR count). The Morgan fingerprint density at radius 3 is 2.74 bits per heavy atom. The number of carbonyl (C=O) groups is 1. The highest BCUT2D eigenvalue weighted by atomic mass is 79.9. The average molecular weight is 327 g/mol. The van der Waals surface area contributed by atoms with Crippen molar-refractivity contribution >= 4 is 21.7 Å². The zero-order valence-electron chi connectivity index (χ0n) is 11.1. The molecule has 0 radical (unpaired) electrons. The molecule has 0 bridgehead atoms. The van der Waals surface area contributed by atoms with Gasteiger partial charge in [0.2, 0.25) is 0 Å². The number of ether oxygens (including phenoxy) is 1. The van der Waals surface area contributed by atoms with Crippen molar-refractivity contribution in [2.75, 3.05) is 26.7 Å². The summed E-state index contributed by atoms with van der Waals surface area (Å²) >= 11 is 3.40. The molecular formula is C14H19BrN2O2. The van der Waals surface area contributed by atoms with Crippen LogP contribution >= 0.6 is 15.9 Å². The van der Waals surface area contributed by atoms with Crippen molar-refractivity contribution in [3.8, 4) is 5.75 Å². The van der Waals surface area contributed by atoms with Crippen LogP contribution in [0.4, 0.5) is 0 Å². The predicted octanol–water partition coefficient (Wildman–Crippen LogP) is 2.06. The number of hydrogen-bond acceptors (Lipinski definition) is 4. The molecule has 0 atom stereocenters. The summed E-state index contributed by atoms with van der Waals surface area (Å²) in [5.74, 6) is 0.874. The first kappa shape index (κ1) is 14.5. The summed E-state index contributed by atoms with van der Waals surface area (Å²) in [6, 6.07) is 5.73. The van der Waals surface area contributed by atoms with Gasteiger partial charge < -0.3 is 10.5 Å². The van der Waals surface area contributed by atoms with E-state index in [-0.39, 0.29) is 5.78 Å². The zero-order chi connectivity index (χ0) is 13.8. The minimum absolute atomic E-state index is 0.138. The van der Waals surface area contributed by atoms with Crippen LogP contribution in [0.3, 0.4) is 0 Å². The third-order valence-corrected chi connectivity index (χ3v) is 4.09. The number of ketones is 1. The molecule has 0 aromatic heterocycles. The van der Waals surface area contributed by atoms with Crippen molar-refractivity contribution in [3.63, 3.8) is 0 Å². The Hall–Kier alpha value is -0.910. The second-order valence-corrected chi connectivity index (χ2v) is 5.74. The molecule has 1 aromatic carbocycles. The number of methoxy groups -OCH3 is 1. The lowest BCUT2D eigenvalue weighted by atomic mass is 10.0. The van der Waals surface area contributed by atoms with Crippen molar-refractivity contribution in [3.05, 3.63) is 28.2 Å². The quantitative estimate of drug-likeness (QED) is 0.860. The van der Waals surface area contributed by atoms with E-state index < -0.39 is 0 Å². The number of Topliss-reactive ketones (excluding diaryl/α,β-unsaturated/α-hetero) is 1. The number of carbonyl (C=O) groups excluding carboxylic acids is 1. The number of halogens is 1. The number of nitrogens with zero attached hydrogens (tertiary/aromatic N) is 1. The minimum atomic E-state index is 0.138. The summed E-state index contributed by atoms with van der Waals surface area (Å²) < 4.78 is 5.97. The van der Waals surface area contributed by atoms with Crippen LogP contribution in [0.25, 0.3) is 0 Å². The van der Waals surface area contributed by atoms with Gasteiger partial charge in [-0.25, -0.2) is 0 Å². The van der Waals surface area contributed by atoms with Gasteiger partial charge in [0.15, 0.2) is 5.78 Å². The van der Waals surface area contributed by atoms with Crippen LogP contribution in [0.2, 0.25) is 0 Å². The molecular weight excluding hydrogens is 308 g/mol. The smallest absolute Gasteiger partial charge is 0.176 e. The number of benzene rings is 1. The molecule has 2 N–H and O–H groups in total. The van der Waals surface area contributed by atoms with E-state index in [1.165, 1.54) is 0 Å². The van der Waals surface area contributed by atoms with Gasteiger partial charge in [0.25, 0.3) is 0 Å². The Balaban J connectivity index is 1.98. The van der Waals surface area contributed by atoms with Gasteiger partial charge in [-0.15, -0.1) is 0 Å². The summed E-state index contributed by atoms with van der Waals surface area (Å²) in [6.07, 6.45) is 1.94. The van der Waals surface area contributed by atoms with E-state index in [1.807, 2.05) is 18.2 Å². The minimum Gasteiger partial charge on any atom is -0.496 e. The fourth-order valence-corrected chi connectivity index (χ4v) is 2.79. The third-order valence-electron chi connectivity index (χ3n) is 3.47. The van der Waals surface area contributed by atoms with Crippen molar-refractivity contribution in [1.29, 1.82) is 0 Å². The highest BCUT2D eigenvalue weighted by Gasteiger charge is 2.19. The van der Waals surface area contributed by atoms with Crippen LogP contribution in [0.1, 0.15) is 23.2 Å². The van der Waals surface area contributed by atoms with Gasteiger partial charge in [-0.3, -0.25) is 9.69 Å². The molecule has 104 valence electrons. The monoisotopic (exact) mass is 326 g/mol. The van der Waals surface area contributed by atoms with Crippen LogP contribution in [0.5, 0.6) is 5.75 Å². The van der Waals surface area contributed by atoms with Crippen molar-refractivity contribution in [2.24, 2.45) is 5.73 Å². The fourth-order valence-electron chi connectivity index (χ4n) is 2.25. The highest BCUT2D eigenvalue weighted by molar-refractivity contribution is 9.10. The van der Waals surface area contributed by atoms with Gasteiger partial charge in [0.1, 0.15) is 5.75 Å². The van der Waals surface area contributed by atoms with E-state index in [0.717, 1.165) is 36.2 Å². The second kappa shape index (κ2) is 6.50. The maximum atomic E-state index is 12.2. The SMILES string of the molecule is COc1ccc(C(=O)CN2CCC(N)CC2)cc1Br. The molecule has 1 fully saturated rings. The summed E-state index contributed by atoms with van der Waals surface area (Å²) in [4.78, 5) is 14.4. The maximum absolute atomic E-state index is 12.2. The lowest BCUT2D eigenvalue weighted by Crippen LogP contribution is -2.41. The Labute approximate surface area is 122 Å². The summed E-state index contributed by atoms with van der Waals surface area (Å²) in [5, 5.41) is 0. The molecule has 4 nitrogen and oxygen atoms in total. The largest absolute Gasteiger partial charge is 0.496 e. The van der Waals surface area contributed by atoms with Crippen LogP contribution < -0.4 is 10.5 Å². The zero-order valence-corrected chi connectivity index (χ0v) is 12.6. The van der Waals surface area contributed by atoms with Crippen molar-refractivity contribution < 1.29 is 9.53 Å². The van der Waals surface area contributed by atoms with E-state index in [9.17, 15) is 4.79 Å². The average Bonchev–Trinajstić information content (AvgIpc) is 2.41. The molecule has 1 aliphatic rings. The second-order valence-electron chi connectivity index (χ2n) is 4.89. The Morgan fingerprint density at radius 1 is 1.47 bits per heavy atom. The third kappa shape index (κ3) is 3.78. The van der Waals surface area contributed by atoms with E-state index in [2.05, 4.69) is 20.8 Å². The Morgan fingerprint density at radius 2 is 2.16 bits per heavy atom. The molecule has 5 heteroatoms. The van der Waals surface area contributed by atoms with E-state index in [0.29, 0.717) is 18.2 Å². The predicted molar refractivity (Wildman–Crippen MR) is 78.7 cm³/mol. The number of piperidine rings is 1. The van der Waals surface area contributed by atoms with Crippen LogP contribution in [0.15, 0.2) is 22.7 Å². The molecule has 0 unspecified atom stereocenters. The van der Waals surface area contributed by atoms with Crippen molar-refractivity contribution in [1.82, 2.24) is 4.90 Å². The molecule has 0 saturated carbocycles. The lowest BCUT2D eigenvalue weighted by molar-refractivity contribution is 0.0910. The van der Waals surface area contributed by atoms with Crippen molar-refractivity contribution in [2.45, 2.75) is 18.9 Å². The van der Waals surface area contributed by atoms with Gasteiger partial charge in [0, 0.05) is 24.7 Å². The first-order valence-corrected chi connectivity index (χ1v) is 7.24. The molecule has 0 spiro atoms. The standard InChI is InChI=1S/C14H19BrN2O2/c1-19-14-3-2-10(8-12(14)15)13(18)9-17-6-4-11(16)5-7-17/h2-3,8,11H,4-7,9,16H2,1H3. The van der Waals surface area contributed by atoms with Gasteiger partial charge in [-0.05, 0) is 47.0 Å². The normalized spacial score (nSPS) is 17.4. The molecule has 1 aromatic rings. The lowest BCUT2D eigenvalue weighted by Gasteiger charge is -2.29. The van der Waals surface area contributed by atoms with Crippen LogP contribution in [-0.2, 0) is 0 Å². The Kier molecular flexibility index (Phi) is 4.96. The van der Waals surface area contributed by atoms with Gasteiger partial charge in [0.05, 0.1) is 18.1 Å². The van der Waals surface area contributed by atoms with Gasteiger partial charge in [-0.2, -0.15) is 0 Å². The van der Waals surface area contributed by atoms with E-state index in [4.69, 9.17) is 10.5 Å². The van der Waals surface area contributed by atoms with E-state index in [1.54, 1.807) is 7.11 Å². The molecule has 0 aliphatic carbocycles. The van der Waals surface area contributed by atoms with Crippen LogP contribution in [0, 0.1) is 0 Å². The maximum Gasteiger partial charge on any atom is 0.176 e. The first-order chi connectivity index (χ1) is 9.10. The molecule has 1 heterocycles. The summed E-state index contributed by atoms with van der Waals surface area (Å²) in [5.41, 5.74) is 6.57.